The molecule has 2 aromatic rings. The zero-order valence-corrected chi connectivity index (χ0v) is 20.5. The summed E-state index contributed by atoms with van der Waals surface area (Å²) >= 11 is 6.22. The molecular formula is C25H33ClN2O4. The number of nitrogens with zero attached hydrogens (tertiary/aromatic N) is 1. The van der Waals surface area contributed by atoms with E-state index in [1.54, 1.807) is 26.2 Å². The monoisotopic (exact) mass is 460 g/mol. The SMILES string of the molecule is COc1ccc(CN(C(=O)COc2cc(C)c(Cl)c(C)c2)C(C)C(=O)NCC(C)C)cc1. The van der Waals surface area contributed by atoms with E-state index in [1.165, 1.54) is 4.90 Å². The van der Waals surface area contributed by atoms with Crippen molar-refractivity contribution >= 4 is 23.4 Å². The number of hydrogen-bond acceptors (Lipinski definition) is 4. The third kappa shape index (κ3) is 7.16. The maximum atomic E-state index is 13.1. The topological polar surface area (TPSA) is 67.9 Å². The van der Waals surface area contributed by atoms with Crippen LogP contribution in [0.1, 0.15) is 37.5 Å². The molecule has 0 bridgehead atoms. The number of ether oxygens (including phenoxy) is 2. The molecule has 32 heavy (non-hydrogen) atoms. The molecule has 0 saturated carbocycles. The van der Waals surface area contributed by atoms with E-state index in [2.05, 4.69) is 5.32 Å². The van der Waals surface area contributed by atoms with Gasteiger partial charge in [-0.3, -0.25) is 9.59 Å². The molecule has 2 aromatic carbocycles. The number of aryl methyl sites for hydroxylation is 2. The lowest BCUT2D eigenvalue weighted by Crippen LogP contribution is -2.49. The minimum absolute atomic E-state index is 0.182. The van der Waals surface area contributed by atoms with Crippen LogP contribution in [0.5, 0.6) is 11.5 Å². The van der Waals surface area contributed by atoms with Gasteiger partial charge in [0.15, 0.2) is 6.61 Å². The van der Waals surface area contributed by atoms with E-state index in [4.69, 9.17) is 21.1 Å². The second-order valence-corrected chi connectivity index (χ2v) is 8.72. The van der Waals surface area contributed by atoms with Gasteiger partial charge in [-0.25, -0.2) is 0 Å². The smallest absolute Gasteiger partial charge is 0.261 e. The summed E-state index contributed by atoms with van der Waals surface area (Å²) in [5, 5.41) is 3.59. The average molecular weight is 461 g/mol. The molecule has 174 valence electrons. The van der Waals surface area contributed by atoms with Gasteiger partial charge in [0.25, 0.3) is 5.91 Å². The molecule has 0 fully saturated rings. The zero-order chi connectivity index (χ0) is 23.8. The van der Waals surface area contributed by atoms with Crippen molar-refractivity contribution in [2.75, 3.05) is 20.3 Å². The fourth-order valence-electron chi connectivity index (χ4n) is 3.18. The summed E-state index contributed by atoms with van der Waals surface area (Å²) in [5.41, 5.74) is 2.65. The van der Waals surface area contributed by atoms with Crippen LogP contribution in [-0.2, 0) is 16.1 Å². The average Bonchev–Trinajstić information content (AvgIpc) is 2.77. The van der Waals surface area contributed by atoms with Gasteiger partial charge in [-0.2, -0.15) is 0 Å². The maximum Gasteiger partial charge on any atom is 0.261 e. The van der Waals surface area contributed by atoms with Crippen molar-refractivity contribution in [2.45, 2.75) is 47.2 Å². The molecule has 1 N–H and O–H groups in total. The van der Waals surface area contributed by atoms with E-state index in [0.29, 0.717) is 23.2 Å². The van der Waals surface area contributed by atoms with Crippen LogP contribution in [0.2, 0.25) is 5.02 Å². The Morgan fingerprint density at radius 2 is 1.62 bits per heavy atom. The largest absolute Gasteiger partial charge is 0.497 e. The van der Waals surface area contributed by atoms with Gasteiger partial charge in [0.1, 0.15) is 17.5 Å². The number of nitrogens with one attached hydrogen (secondary N) is 1. The molecule has 1 atom stereocenters. The van der Waals surface area contributed by atoms with Crippen LogP contribution in [0.25, 0.3) is 0 Å². The molecule has 0 radical (unpaired) electrons. The quantitative estimate of drug-likeness (QED) is 0.565. The standard InChI is InChI=1S/C25H33ClN2O4/c1-16(2)13-27-25(30)19(5)28(14-20-7-9-21(31-6)10-8-20)23(29)15-32-22-11-17(3)24(26)18(4)12-22/h7-12,16,19H,13-15H2,1-6H3,(H,27,30). The van der Waals surface area contributed by atoms with Crippen LogP contribution in [0, 0.1) is 19.8 Å². The number of amides is 2. The highest BCUT2D eigenvalue weighted by atomic mass is 35.5. The predicted molar refractivity (Wildman–Crippen MR) is 127 cm³/mol. The Kier molecular flexibility index (Phi) is 9.39. The van der Waals surface area contributed by atoms with Gasteiger partial charge in [-0.05, 0) is 67.6 Å². The molecule has 7 heteroatoms. The molecule has 2 amide bonds. The van der Waals surface area contributed by atoms with Gasteiger partial charge in [-0.15, -0.1) is 0 Å². The van der Waals surface area contributed by atoms with Gasteiger partial charge in [-0.1, -0.05) is 37.6 Å². The van der Waals surface area contributed by atoms with E-state index >= 15 is 0 Å². The first-order chi connectivity index (χ1) is 15.1. The summed E-state index contributed by atoms with van der Waals surface area (Å²) in [4.78, 5) is 27.4. The molecule has 1 unspecified atom stereocenters. The van der Waals surface area contributed by atoms with Crippen LogP contribution in [-0.4, -0.2) is 43.0 Å². The lowest BCUT2D eigenvalue weighted by molar-refractivity contribution is -0.142. The number of carbonyl (C=O) groups is 2. The highest BCUT2D eigenvalue weighted by molar-refractivity contribution is 6.32. The predicted octanol–water partition coefficient (Wildman–Crippen LogP) is 4.53. The Morgan fingerprint density at radius 1 is 1.03 bits per heavy atom. The summed E-state index contributed by atoms with van der Waals surface area (Å²) in [6.45, 7) is 10.2. The summed E-state index contributed by atoms with van der Waals surface area (Å²) < 4.78 is 11.0. The highest BCUT2D eigenvalue weighted by Crippen LogP contribution is 2.26. The number of hydrogen-bond donors (Lipinski definition) is 1. The maximum absolute atomic E-state index is 13.1. The molecule has 0 aromatic heterocycles. The number of carbonyl (C=O) groups excluding carboxylic acids is 2. The summed E-state index contributed by atoms with van der Waals surface area (Å²) in [7, 11) is 1.60. The van der Waals surface area contributed by atoms with Crippen molar-refractivity contribution < 1.29 is 19.1 Å². The van der Waals surface area contributed by atoms with E-state index in [1.807, 2.05) is 52.0 Å². The van der Waals surface area contributed by atoms with Gasteiger partial charge in [0.2, 0.25) is 5.91 Å². The Labute approximate surface area is 195 Å². The normalized spacial score (nSPS) is 11.8. The van der Waals surface area contributed by atoms with Crippen LogP contribution < -0.4 is 14.8 Å². The zero-order valence-electron chi connectivity index (χ0n) is 19.7. The molecule has 0 aliphatic carbocycles. The first kappa shape index (κ1) is 25.5. The molecule has 0 spiro atoms. The second-order valence-electron chi connectivity index (χ2n) is 8.34. The van der Waals surface area contributed by atoms with E-state index in [0.717, 1.165) is 22.4 Å². The van der Waals surface area contributed by atoms with Gasteiger partial charge in [0, 0.05) is 18.1 Å². The highest BCUT2D eigenvalue weighted by Gasteiger charge is 2.26. The van der Waals surface area contributed by atoms with E-state index < -0.39 is 6.04 Å². The van der Waals surface area contributed by atoms with Crippen molar-refractivity contribution in [2.24, 2.45) is 5.92 Å². The number of halogens is 1. The molecule has 0 aliphatic heterocycles. The first-order valence-electron chi connectivity index (χ1n) is 10.7. The fraction of sp³-hybridized carbons (Fsp3) is 0.440. The van der Waals surface area contributed by atoms with Crippen molar-refractivity contribution in [3.63, 3.8) is 0 Å². The Morgan fingerprint density at radius 3 is 2.16 bits per heavy atom. The van der Waals surface area contributed by atoms with Crippen molar-refractivity contribution in [1.82, 2.24) is 10.2 Å². The van der Waals surface area contributed by atoms with Crippen molar-refractivity contribution in [1.29, 1.82) is 0 Å². The number of methoxy groups -OCH3 is 1. The van der Waals surface area contributed by atoms with Crippen LogP contribution >= 0.6 is 11.6 Å². The molecule has 0 heterocycles. The molecule has 6 nitrogen and oxygen atoms in total. The lowest BCUT2D eigenvalue weighted by atomic mass is 10.1. The first-order valence-corrected chi connectivity index (χ1v) is 11.1. The van der Waals surface area contributed by atoms with E-state index in [-0.39, 0.29) is 25.0 Å². The number of benzene rings is 2. The Bertz CT molecular complexity index is 905. The van der Waals surface area contributed by atoms with Gasteiger partial charge < -0.3 is 19.7 Å². The minimum atomic E-state index is -0.652. The molecular weight excluding hydrogens is 428 g/mol. The fourth-order valence-corrected chi connectivity index (χ4v) is 3.29. The Hall–Kier alpha value is -2.73. The van der Waals surface area contributed by atoms with E-state index in [9.17, 15) is 9.59 Å². The lowest BCUT2D eigenvalue weighted by Gasteiger charge is -2.29. The summed E-state index contributed by atoms with van der Waals surface area (Å²) in [6.07, 6.45) is 0. The van der Waals surface area contributed by atoms with Crippen LogP contribution in [0.3, 0.4) is 0 Å². The molecule has 0 saturated heterocycles. The van der Waals surface area contributed by atoms with Crippen molar-refractivity contribution in [3.8, 4) is 11.5 Å². The third-order valence-corrected chi connectivity index (χ3v) is 5.73. The number of rotatable bonds is 10. The van der Waals surface area contributed by atoms with Crippen LogP contribution in [0.4, 0.5) is 0 Å². The molecule has 0 aliphatic rings. The van der Waals surface area contributed by atoms with Gasteiger partial charge in [0.05, 0.1) is 7.11 Å². The van der Waals surface area contributed by atoms with Gasteiger partial charge >= 0.3 is 0 Å². The third-order valence-electron chi connectivity index (χ3n) is 5.14. The summed E-state index contributed by atoms with van der Waals surface area (Å²) in [5.74, 6) is 1.14. The Balaban J connectivity index is 2.17. The van der Waals surface area contributed by atoms with Crippen LogP contribution in [0.15, 0.2) is 36.4 Å². The molecule has 2 rings (SSSR count). The minimum Gasteiger partial charge on any atom is -0.497 e. The van der Waals surface area contributed by atoms with Crippen molar-refractivity contribution in [3.05, 3.63) is 58.1 Å². The second kappa shape index (κ2) is 11.8. The summed E-state index contributed by atoms with van der Waals surface area (Å²) in [6, 6.07) is 10.4.